The Hall–Kier alpha value is -3.71. The van der Waals surface area contributed by atoms with Gasteiger partial charge in [-0.05, 0) is 42.8 Å². The number of halogens is 1. The second-order valence-electron chi connectivity index (χ2n) is 7.21. The zero-order valence-electron chi connectivity index (χ0n) is 16.9. The number of fused-ring (bicyclic) bond motifs is 1. The first-order chi connectivity index (χ1) is 15.0. The highest BCUT2D eigenvalue weighted by molar-refractivity contribution is 5.93. The van der Waals surface area contributed by atoms with Crippen LogP contribution in [0.3, 0.4) is 0 Å². The number of aryl methyl sites for hydroxylation is 1. The van der Waals surface area contributed by atoms with Crippen molar-refractivity contribution in [1.29, 1.82) is 0 Å². The van der Waals surface area contributed by atoms with Gasteiger partial charge in [0.25, 0.3) is 0 Å². The van der Waals surface area contributed by atoms with Gasteiger partial charge in [-0.2, -0.15) is 0 Å². The zero-order valence-corrected chi connectivity index (χ0v) is 16.9. The number of aromatic nitrogens is 1. The molecule has 0 atom stereocenters. The molecule has 0 aliphatic rings. The van der Waals surface area contributed by atoms with E-state index < -0.39 is 11.8 Å². The zero-order chi connectivity index (χ0) is 22.0. The Labute approximate surface area is 178 Å². The first-order valence-electron chi connectivity index (χ1n) is 9.75. The number of carbonyl (C=O) groups is 1. The molecule has 0 radical (unpaired) electrons. The van der Waals surface area contributed by atoms with Crippen molar-refractivity contribution in [3.63, 3.8) is 0 Å². The SMILES string of the molecule is Cc1cc2cc(COc3ccccc3CC(=O)O)cc(-c3ccnc(CN)c3F)c2o1. The van der Waals surface area contributed by atoms with E-state index in [0.717, 1.165) is 10.9 Å². The molecule has 4 aromatic rings. The predicted molar refractivity (Wildman–Crippen MR) is 114 cm³/mol. The van der Waals surface area contributed by atoms with Crippen molar-refractivity contribution < 1.29 is 23.4 Å². The van der Waals surface area contributed by atoms with Crippen molar-refractivity contribution >= 4 is 16.9 Å². The molecule has 6 nitrogen and oxygen atoms in total. The maximum Gasteiger partial charge on any atom is 0.307 e. The van der Waals surface area contributed by atoms with Gasteiger partial charge in [0, 0.05) is 34.8 Å². The molecule has 7 heteroatoms. The van der Waals surface area contributed by atoms with Gasteiger partial charge in [-0.25, -0.2) is 4.39 Å². The topological polar surface area (TPSA) is 98.6 Å². The third kappa shape index (κ3) is 4.27. The standard InChI is InChI=1S/C24H21FN2O4/c1-14-8-17-9-15(13-30-21-5-3-2-4-16(21)11-22(28)29)10-19(24(17)31-14)18-6-7-27-20(12-26)23(18)25/h2-10H,11-13,26H2,1H3,(H,28,29). The van der Waals surface area contributed by atoms with Crippen LogP contribution in [-0.4, -0.2) is 16.1 Å². The molecule has 31 heavy (non-hydrogen) atoms. The maximum atomic E-state index is 15.0. The molecule has 0 saturated heterocycles. The van der Waals surface area contributed by atoms with Crippen LogP contribution in [0.2, 0.25) is 0 Å². The van der Waals surface area contributed by atoms with E-state index in [1.54, 1.807) is 30.3 Å². The molecule has 4 rings (SSSR count). The number of para-hydroxylation sites is 1. The average molecular weight is 420 g/mol. The van der Waals surface area contributed by atoms with Crippen LogP contribution >= 0.6 is 0 Å². The van der Waals surface area contributed by atoms with E-state index >= 15 is 0 Å². The molecule has 2 heterocycles. The molecule has 0 fully saturated rings. The minimum absolute atomic E-state index is 0.0108. The Morgan fingerprint density at radius 1 is 1.19 bits per heavy atom. The maximum absolute atomic E-state index is 15.0. The number of carboxylic acid groups (broad SMARTS) is 1. The number of nitrogens with two attached hydrogens (primary N) is 1. The number of hydrogen-bond donors (Lipinski definition) is 2. The normalized spacial score (nSPS) is 11.1. The number of benzene rings is 2. The van der Waals surface area contributed by atoms with Gasteiger partial charge in [-0.15, -0.1) is 0 Å². The summed E-state index contributed by atoms with van der Waals surface area (Å²) in [5.41, 5.74) is 8.67. The Morgan fingerprint density at radius 3 is 2.77 bits per heavy atom. The summed E-state index contributed by atoms with van der Waals surface area (Å²) in [6.45, 7) is 2.00. The highest BCUT2D eigenvalue weighted by Crippen LogP contribution is 2.34. The fraction of sp³-hybridized carbons (Fsp3) is 0.167. The first-order valence-corrected chi connectivity index (χ1v) is 9.75. The highest BCUT2D eigenvalue weighted by Gasteiger charge is 2.17. The van der Waals surface area contributed by atoms with E-state index in [1.807, 2.05) is 25.1 Å². The molecule has 158 valence electrons. The third-order valence-electron chi connectivity index (χ3n) is 4.95. The van der Waals surface area contributed by atoms with E-state index in [1.165, 1.54) is 6.20 Å². The van der Waals surface area contributed by atoms with Gasteiger partial charge in [-0.1, -0.05) is 18.2 Å². The number of aliphatic carboxylic acids is 1. The lowest BCUT2D eigenvalue weighted by atomic mass is 10.00. The summed E-state index contributed by atoms with van der Waals surface area (Å²) in [5.74, 6) is -0.215. The van der Waals surface area contributed by atoms with Gasteiger partial charge >= 0.3 is 5.97 Å². The fourth-order valence-corrected chi connectivity index (χ4v) is 3.58. The lowest BCUT2D eigenvalue weighted by Gasteiger charge is -2.12. The number of furan rings is 1. The lowest BCUT2D eigenvalue weighted by Crippen LogP contribution is -2.05. The van der Waals surface area contributed by atoms with Crippen molar-refractivity contribution in [2.24, 2.45) is 5.73 Å². The van der Waals surface area contributed by atoms with E-state index in [2.05, 4.69) is 4.98 Å². The van der Waals surface area contributed by atoms with Crippen LogP contribution in [0.4, 0.5) is 4.39 Å². The number of pyridine rings is 1. The van der Waals surface area contributed by atoms with Gasteiger partial charge in [0.2, 0.25) is 0 Å². The summed E-state index contributed by atoms with van der Waals surface area (Å²) >= 11 is 0. The van der Waals surface area contributed by atoms with Crippen LogP contribution in [0.5, 0.6) is 5.75 Å². The van der Waals surface area contributed by atoms with E-state index in [4.69, 9.17) is 20.0 Å². The average Bonchev–Trinajstić information content (AvgIpc) is 3.12. The van der Waals surface area contributed by atoms with Crippen LogP contribution < -0.4 is 10.5 Å². The summed E-state index contributed by atoms with van der Waals surface area (Å²) in [5, 5.41) is 9.93. The smallest absolute Gasteiger partial charge is 0.307 e. The molecule has 0 spiro atoms. The second-order valence-corrected chi connectivity index (χ2v) is 7.21. The minimum atomic E-state index is -0.933. The number of hydrogen-bond acceptors (Lipinski definition) is 5. The fourth-order valence-electron chi connectivity index (χ4n) is 3.58. The highest BCUT2D eigenvalue weighted by atomic mass is 19.1. The summed E-state index contributed by atoms with van der Waals surface area (Å²) in [6, 6.07) is 14.2. The van der Waals surface area contributed by atoms with Crippen molar-refractivity contribution in [2.75, 3.05) is 0 Å². The first kappa shape index (κ1) is 20.6. The van der Waals surface area contributed by atoms with Crippen LogP contribution in [0.1, 0.15) is 22.6 Å². The molecule has 2 aromatic heterocycles. The molecule has 0 amide bonds. The van der Waals surface area contributed by atoms with Crippen molar-refractivity contribution in [1.82, 2.24) is 4.98 Å². The minimum Gasteiger partial charge on any atom is -0.489 e. The summed E-state index contributed by atoms with van der Waals surface area (Å²) in [6.07, 6.45) is 1.39. The molecule has 0 aliphatic carbocycles. The quantitative estimate of drug-likeness (QED) is 0.453. The molecule has 2 aromatic carbocycles. The molecule has 3 N–H and O–H groups in total. The Bertz CT molecular complexity index is 1270. The third-order valence-corrected chi connectivity index (χ3v) is 4.95. The van der Waals surface area contributed by atoms with Gasteiger partial charge < -0.3 is 20.0 Å². The summed E-state index contributed by atoms with van der Waals surface area (Å²) in [4.78, 5) is 15.1. The summed E-state index contributed by atoms with van der Waals surface area (Å²) in [7, 11) is 0. The van der Waals surface area contributed by atoms with Gasteiger partial charge in [0.15, 0.2) is 5.82 Å². The van der Waals surface area contributed by atoms with Gasteiger partial charge in [0.05, 0.1) is 12.1 Å². The predicted octanol–water partition coefficient (Wildman–Crippen LogP) is 4.61. The Morgan fingerprint density at radius 2 is 2.00 bits per heavy atom. The van der Waals surface area contributed by atoms with E-state index in [0.29, 0.717) is 33.8 Å². The van der Waals surface area contributed by atoms with Crippen LogP contribution in [0, 0.1) is 12.7 Å². The molecule has 0 bridgehead atoms. The van der Waals surface area contributed by atoms with E-state index in [9.17, 15) is 9.18 Å². The molecular formula is C24H21FN2O4. The lowest BCUT2D eigenvalue weighted by molar-refractivity contribution is -0.136. The van der Waals surface area contributed by atoms with Crippen molar-refractivity contribution in [3.05, 3.63) is 83.1 Å². The van der Waals surface area contributed by atoms with Gasteiger partial charge in [-0.3, -0.25) is 9.78 Å². The monoisotopic (exact) mass is 420 g/mol. The number of carboxylic acids is 1. The second kappa shape index (κ2) is 8.57. The van der Waals surface area contributed by atoms with E-state index in [-0.39, 0.29) is 25.3 Å². The Balaban J connectivity index is 1.73. The van der Waals surface area contributed by atoms with Crippen molar-refractivity contribution in [3.8, 4) is 16.9 Å². The van der Waals surface area contributed by atoms with Crippen LogP contribution in [0.25, 0.3) is 22.1 Å². The number of rotatable bonds is 7. The van der Waals surface area contributed by atoms with Crippen molar-refractivity contribution in [2.45, 2.75) is 26.5 Å². The largest absolute Gasteiger partial charge is 0.489 e. The number of nitrogens with zero attached hydrogens (tertiary/aromatic N) is 1. The van der Waals surface area contributed by atoms with Crippen LogP contribution in [-0.2, 0) is 24.4 Å². The van der Waals surface area contributed by atoms with Gasteiger partial charge in [0.1, 0.15) is 23.7 Å². The summed E-state index contributed by atoms with van der Waals surface area (Å²) < 4.78 is 26.7. The molecular weight excluding hydrogens is 399 g/mol. The number of ether oxygens (including phenoxy) is 1. The Kier molecular flexibility index (Phi) is 5.68. The molecule has 0 unspecified atom stereocenters. The van der Waals surface area contributed by atoms with Crippen LogP contribution in [0.15, 0.2) is 59.1 Å². The molecule has 0 saturated carbocycles. The molecule has 0 aliphatic heterocycles.